The van der Waals surface area contributed by atoms with Crippen LogP contribution < -0.4 is 10.6 Å². The summed E-state index contributed by atoms with van der Waals surface area (Å²) in [5.74, 6) is 0. The second kappa shape index (κ2) is 4.85. The van der Waals surface area contributed by atoms with Crippen LogP contribution in [0.5, 0.6) is 0 Å². The SMILES string of the molecule is Cc1ccc(CN)c(N(C)CC(C)(C)O)c1. The van der Waals surface area contributed by atoms with Crippen LogP contribution in [0.4, 0.5) is 5.69 Å². The number of anilines is 1. The van der Waals surface area contributed by atoms with Crippen LogP contribution in [0.3, 0.4) is 0 Å². The van der Waals surface area contributed by atoms with Crippen molar-refractivity contribution in [3.63, 3.8) is 0 Å². The molecular formula is C13H22N2O. The number of aryl methyl sites for hydroxylation is 1. The second-order valence-electron chi connectivity index (χ2n) is 5.00. The molecule has 0 heterocycles. The van der Waals surface area contributed by atoms with Crippen LogP contribution in [0.25, 0.3) is 0 Å². The van der Waals surface area contributed by atoms with E-state index in [1.54, 1.807) is 13.8 Å². The molecule has 0 spiro atoms. The van der Waals surface area contributed by atoms with Gasteiger partial charge in [0, 0.05) is 25.8 Å². The number of hydrogen-bond acceptors (Lipinski definition) is 3. The average molecular weight is 222 g/mol. The monoisotopic (exact) mass is 222 g/mol. The molecule has 1 aromatic rings. The van der Waals surface area contributed by atoms with Crippen molar-refractivity contribution in [1.82, 2.24) is 0 Å². The smallest absolute Gasteiger partial charge is 0.0765 e. The third kappa shape index (κ3) is 3.51. The molecule has 0 aromatic heterocycles. The van der Waals surface area contributed by atoms with Crippen molar-refractivity contribution in [1.29, 1.82) is 0 Å². The first kappa shape index (κ1) is 13.0. The summed E-state index contributed by atoms with van der Waals surface area (Å²) in [4.78, 5) is 2.05. The van der Waals surface area contributed by atoms with E-state index in [0.29, 0.717) is 13.1 Å². The van der Waals surface area contributed by atoms with Crippen LogP contribution >= 0.6 is 0 Å². The van der Waals surface area contributed by atoms with Gasteiger partial charge >= 0.3 is 0 Å². The van der Waals surface area contributed by atoms with E-state index in [4.69, 9.17) is 5.73 Å². The van der Waals surface area contributed by atoms with Gasteiger partial charge in [0.2, 0.25) is 0 Å². The number of likely N-dealkylation sites (N-methyl/N-ethyl adjacent to an activating group) is 1. The molecular weight excluding hydrogens is 200 g/mol. The Hall–Kier alpha value is -1.06. The summed E-state index contributed by atoms with van der Waals surface area (Å²) in [5.41, 5.74) is 8.42. The highest BCUT2D eigenvalue weighted by atomic mass is 16.3. The van der Waals surface area contributed by atoms with E-state index in [9.17, 15) is 5.11 Å². The summed E-state index contributed by atoms with van der Waals surface area (Å²) >= 11 is 0. The largest absolute Gasteiger partial charge is 0.389 e. The lowest BCUT2D eigenvalue weighted by atomic mass is 10.1. The summed E-state index contributed by atoms with van der Waals surface area (Å²) in [6.07, 6.45) is 0. The summed E-state index contributed by atoms with van der Waals surface area (Å²) in [7, 11) is 1.98. The highest BCUT2D eigenvalue weighted by Crippen LogP contribution is 2.22. The van der Waals surface area contributed by atoms with Gasteiger partial charge in [0.05, 0.1) is 5.60 Å². The Balaban J connectivity index is 2.97. The van der Waals surface area contributed by atoms with Gasteiger partial charge in [-0.25, -0.2) is 0 Å². The molecule has 0 aliphatic carbocycles. The Morgan fingerprint density at radius 2 is 2.00 bits per heavy atom. The van der Waals surface area contributed by atoms with Gasteiger partial charge in [0.15, 0.2) is 0 Å². The summed E-state index contributed by atoms with van der Waals surface area (Å²) in [6.45, 7) is 6.78. The second-order valence-corrected chi connectivity index (χ2v) is 5.00. The van der Waals surface area contributed by atoms with Crippen molar-refractivity contribution in [3.8, 4) is 0 Å². The first-order valence-electron chi connectivity index (χ1n) is 5.56. The molecule has 0 bridgehead atoms. The number of nitrogens with two attached hydrogens (primary N) is 1. The Morgan fingerprint density at radius 1 is 1.38 bits per heavy atom. The normalized spacial score (nSPS) is 11.6. The predicted octanol–water partition coefficient (Wildman–Crippen LogP) is 1.66. The van der Waals surface area contributed by atoms with Crippen molar-refractivity contribution in [3.05, 3.63) is 29.3 Å². The molecule has 0 unspecified atom stereocenters. The molecule has 0 saturated heterocycles. The van der Waals surface area contributed by atoms with Gasteiger partial charge < -0.3 is 15.7 Å². The molecule has 0 fully saturated rings. The third-order valence-corrected chi connectivity index (χ3v) is 2.50. The molecule has 0 radical (unpaired) electrons. The molecule has 1 aromatic carbocycles. The molecule has 1 rings (SSSR count). The molecule has 3 nitrogen and oxygen atoms in total. The number of nitrogens with zero attached hydrogens (tertiary/aromatic N) is 1. The number of aliphatic hydroxyl groups is 1. The fourth-order valence-corrected chi connectivity index (χ4v) is 1.87. The lowest BCUT2D eigenvalue weighted by Crippen LogP contribution is -2.36. The molecule has 0 aliphatic heterocycles. The van der Waals surface area contributed by atoms with Gasteiger partial charge in [-0.15, -0.1) is 0 Å². The van der Waals surface area contributed by atoms with E-state index >= 15 is 0 Å². The molecule has 3 heteroatoms. The molecule has 0 saturated carbocycles. The fourth-order valence-electron chi connectivity index (χ4n) is 1.87. The first-order chi connectivity index (χ1) is 7.33. The minimum Gasteiger partial charge on any atom is -0.389 e. The topological polar surface area (TPSA) is 49.5 Å². The predicted molar refractivity (Wildman–Crippen MR) is 68.6 cm³/mol. The quantitative estimate of drug-likeness (QED) is 0.814. The van der Waals surface area contributed by atoms with Gasteiger partial charge in [-0.05, 0) is 38.0 Å². The Labute approximate surface area is 97.9 Å². The zero-order chi connectivity index (χ0) is 12.3. The summed E-state index contributed by atoms with van der Waals surface area (Å²) in [6, 6.07) is 6.21. The van der Waals surface area contributed by atoms with Gasteiger partial charge in [-0.1, -0.05) is 12.1 Å². The fraction of sp³-hybridized carbons (Fsp3) is 0.538. The number of benzene rings is 1. The number of hydrogen-bond donors (Lipinski definition) is 2. The first-order valence-corrected chi connectivity index (χ1v) is 5.56. The van der Waals surface area contributed by atoms with E-state index in [1.807, 2.05) is 13.1 Å². The van der Waals surface area contributed by atoms with Gasteiger partial charge in [-0.3, -0.25) is 0 Å². The van der Waals surface area contributed by atoms with Crippen molar-refractivity contribution in [2.24, 2.45) is 5.73 Å². The summed E-state index contributed by atoms with van der Waals surface area (Å²) < 4.78 is 0. The standard InChI is InChI=1S/C13H22N2O/c1-10-5-6-11(8-14)12(7-10)15(4)9-13(2,3)16/h5-7,16H,8-9,14H2,1-4H3. The zero-order valence-corrected chi connectivity index (χ0v) is 10.6. The number of rotatable bonds is 4. The molecule has 0 atom stereocenters. The maximum absolute atomic E-state index is 9.81. The van der Waals surface area contributed by atoms with Crippen LogP contribution in [-0.2, 0) is 6.54 Å². The Morgan fingerprint density at radius 3 is 2.50 bits per heavy atom. The van der Waals surface area contributed by atoms with E-state index in [2.05, 4.69) is 24.0 Å². The molecule has 0 amide bonds. The van der Waals surface area contributed by atoms with Crippen molar-refractivity contribution >= 4 is 5.69 Å². The Bertz CT molecular complexity index is 355. The van der Waals surface area contributed by atoms with Crippen molar-refractivity contribution in [2.75, 3.05) is 18.5 Å². The Kier molecular flexibility index (Phi) is 3.94. The lowest BCUT2D eigenvalue weighted by Gasteiger charge is -2.29. The van der Waals surface area contributed by atoms with E-state index in [-0.39, 0.29) is 0 Å². The van der Waals surface area contributed by atoms with Crippen LogP contribution in [0.2, 0.25) is 0 Å². The molecule has 90 valence electrons. The van der Waals surface area contributed by atoms with Crippen LogP contribution in [0.15, 0.2) is 18.2 Å². The van der Waals surface area contributed by atoms with Crippen molar-refractivity contribution in [2.45, 2.75) is 32.9 Å². The molecule has 3 N–H and O–H groups in total. The molecule has 0 aliphatic rings. The highest BCUT2D eigenvalue weighted by Gasteiger charge is 2.17. The van der Waals surface area contributed by atoms with Crippen LogP contribution in [-0.4, -0.2) is 24.3 Å². The zero-order valence-electron chi connectivity index (χ0n) is 10.6. The summed E-state index contributed by atoms with van der Waals surface area (Å²) in [5, 5.41) is 9.81. The maximum Gasteiger partial charge on any atom is 0.0765 e. The van der Waals surface area contributed by atoms with Crippen LogP contribution in [0.1, 0.15) is 25.0 Å². The maximum atomic E-state index is 9.81. The van der Waals surface area contributed by atoms with E-state index < -0.39 is 5.60 Å². The third-order valence-electron chi connectivity index (χ3n) is 2.50. The van der Waals surface area contributed by atoms with E-state index in [1.165, 1.54) is 5.56 Å². The lowest BCUT2D eigenvalue weighted by molar-refractivity contribution is 0.0886. The molecule has 16 heavy (non-hydrogen) atoms. The average Bonchev–Trinajstić information content (AvgIpc) is 2.15. The van der Waals surface area contributed by atoms with Crippen molar-refractivity contribution < 1.29 is 5.11 Å². The van der Waals surface area contributed by atoms with Crippen LogP contribution in [0, 0.1) is 6.92 Å². The van der Waals surface area contributed by atoms with E-state index in [0.717, 1.165) is 11.3 Å². The van der Waals surface area contributed by atoms with Gasteiger partial charge in [0.1, 0.15) is 0 Å². The minimum absolute atomic E-state index is 0.520. The van der Waals surface area contributed by atoms with Gasteiger partial charge in [-0.2, -0.15) is 0 Å². The van der Waals surface area contributed by atoms with Gasteiger partial charge in [0.25, 0.3) is 0 Å². The highest BCUT2D eigenvalue weighted by molar-refractivity contribution is 5.55. The minimum atomic E-state index is -0.704.